The van der Waals surface area contributed by atoms with Crippen LogP contribution < -0.4 is 10.6 Å². The van der Waals surface area contributed by atoms with Gasteiger partial charge in [-0.05, 0) is 38.0 Å². The average molecular weight is 442 g/mol. The summed E-state index contributed by atoms with van der Waals surface area (Å²) in [5.41, 5.74) is 1.08. The minimum atomic E-state index is -0.608. The van der Waals surface area contributed by atoms with E-state index in [1.165, 1.54) is 11.8 Å². The molecule has 0 saturated carbocycles. The maximum atomic E-state index is 12.4. The van der Waals surface area contributed by atoms with Crippen molar-refractivity contribution in [3.63, 3.8) is 0 Å². The molecule has 8 nitrogen and oxygen atoms in total. The highest BCUT2D eigenvalue weighted by atomic mass is 32.2. The fourth-order valence-electron chi connectivity index (χ4n) is 2.84. The predicted molar refractivity (Wildman–Crippen MR) is 119 cm³/mol. The first kappa shape index (κ1) is 22.6. The van der Waals surface area contributed by atoms with Crippen LogP contribution in [-0.4, -0.2) is 44.4 Å². The smallest absolute Gasteiger partial charge is 0.242 e. The number of carbonyl (C=O) groups excluding carboxylic acids is 2. The third kappa shape index (κ3) is 6.21. The highest BCUT2D eigenvalue weighted by Gasteiger charge is 2.20. The van der Waals surface area contributed by atoms with Crippen molar-refractivity contribution in [2.24, 2.45) is 0 Å². The van der Waals surface area contributed by atoms with Crippen molar-refractivity contribution >= 4 is 23.6 Å². The quantitative estimate of drug-likeness (QED) is 0.469. The van der Waals surface area contributed by atoms with E-state index >= 15 is 0 Å². The number of amides is 2. The lowest BCUT2D eigenvalue weighted by atomic mass is 10.2. The van der Waals surface area contributed by atoms with Crippen LogP contribution in [0.1, 0.15) is 32.8 Å². The summed E-state index contributed by atoms with van der Waals surface area (Å²) in [4.78, 5) is 24.5. The van der Waals surface area contributed by atoms with E-state index in [0.717, 1.165) is 12.0 Å². The summed E-state index contributed by atoms with van der Waals surface area (Å²) < 4.78 is 7.42. The van der Waals surface area contributed by atoms with E-state index < -0.39 is 6.04 Å². The van der Waals surface area contributed by atoms with Gasteiger partial charge in [0.15, 0.2) is 10.9 Å². The normalized spacial score (nSPS) is 12.9. The fourth-order valence-corrected chi connectivity index (χ4v) is 3.59. The van der Waals surface area contributed by atoms with Crippen molar-refractivity contribution in [3.05, 3.63) is 54.3 Å². The summed E-state index contributed by atoms with van der Waals surface area (Å²) in [5.74, 6) is 0.880. The summed E-state index contributed by atoms with van der Waals surface area (Å²) in [6.07, 6.45) is 2.42. The van der Waals surface area contributed by atoms with Crippen molar-refractivity contribution in [3.8, 4) is 11.6 Å². The molecule has 2 aromatic heterocycles. The predicted octanol–water partition coefficient (Wildman–Crippen LogP) is 3.10. The van der Waals surface area contributed by atoms with Gasteiger partial charge in [0.05, 0.1) is 18.6 Å². The van der Waals surface area contributed by atoms with Gasteiger partial charge in [-0.15, -0.1) is 10.2 Å². The maximum absolute atomic E-state index is 12.4. The Kier molecular flexibility index (Phi) is 7.88. The summed E-state index contributed by atoms with van der Waals surface area (Å²) in [5, 5.41) is 14.7. The van der Waals surface area contributed by atoms with Gasteiger partial charge < -0.3 is 15.1 Å². The van der Waals surface area contributed by atoms with Gasteiger partial charge in [0.2, 0.25) is 17.6 Å². The molecule has 0 aliphatic heterocycles. The summed E-state index contributed by atoms with van der Waals surface area (Å²) >= 11 is 1.27. The molecule has 1 aromatic carbocycles. The third-order valence-electron chi connectivity index (χ3n) is 4.75. The standard InChI is InChI=1S/C22H27N5O3S/c1-4-15(2)23-21(29)16(3)24-19(28)14-31-22-26-25-20(18-11-8-12-30-18)27(22)13-17-9-6-5-7-10-17/h5-12,15-16H,4,13-14H2,1-3H3,(H,23,29)(H,24,28). The van der Waals surface area contributed by atoms with Crippen LogP contribution in [0, 0.1) is 0 Å². The Hall–Kier alpha value is -3.07. The van der Waals surface area contributed by atoms with Gasteiger partial charge in [0.1, 0.15) is 6.04 Å². The Labute approximate surface area is 185 Å². The largest absolute Gasteiger partial charge is 0.461 e. The number of rotatable bonds is 10. The van der Waals surface area contributed by atoms with Gasteiger partial charge in [-0.25, -0.2) is 0 Å². The molecular formula is C22H27N5O3S. The Morgan fingerprint density at radius 1 is 1.10 bits per heavy atom. The second kappa shape index (κ2) is 10.8. The van der Waals surface area contributed by atoms with E-state index in [-0.39, 0.29) is 23.6 Å². The highest BCUT2D eigenvalue weighted by molar-refractivity contribution is 7.99. The summed E-state index contributed by atoms with van der Waals surface area (Å²) in [7, 11) is 0. The zero-order valence-electron chi connectivity index (χ0n) is 17.9. The molecule has 0 fully saturated rings. The van der Waals surface area contributed by atoms with Crippen molar-refractivity contribution in [1.29, 1.82) is 0 Å². The van der Waals surface area contributed by atoms with Crippen LogP contribution in [0.25, 0.3) is 11.6 Å². The Morgan fingerprint density at radius 2 is 1.87 bits per heavy atom. The van der Waals surface area contributed by atoms with Crippen molar-refractivity contribution in [2.75, 3.05) is 5.75 Å². The molecule has 2 atom stereocenters. The van der Waals surface area contributed by atoms with Crippen LogP contribution >= 0.6 is 11.8 Å². The number of hydrogen-bond acceptors (Lipinski definition) is 6. The molecular weight excluding hydrogens is 414 g/mol. The van der Waals surface area contributed by atoms with Gasteiger partial charge in [0.25, 0.3) is 0 Å². The molecule has 164 valence electrons. The van der Waals surface area contributed by atoms with E-state index in [9.17, 15) is 9.59 Å². The second-order valence-corrected chi connectivity index (χ2v) is 8.19. The number of thioether (sulfide) groups is 1. The zero-order valence-corrected chi connectivity index (χ0v) is 18.7. The molecule has 0 radical (unpaired) electrons. The number of aromatic nitrogens is 3. The number of nitrogens with zero attached hydrogens (tertiary/aromatic N) is 3. The Morgan fingerprint density at radius 3 is 2.55 bits per heavy atom. The maximum Gasteiger partial charge on any atom is 0.242 e. The molecule has 0 bridgehead atoms. The average Bonchev–Trinajstić information content (AvgIpc) is 3.43. The molecule has 0 aliphatic carbocycles. The molecule has 3 aromatic rings. The van der Waals surface area contributed by atoms with E-state index in [4.69, 9.17) is 4.42 Å². The molecule has 9 heteroatoms. The monoisotopic (exact) mass is 441 g/mol. The molecule has 2 amide bonds. The van der Waals surface area contributed by atoms with Gasteiger partial charge >= 0.3 is 0 Å². The number of furan rings is 1. The number of carbonyl (C=O) groups is 2. The minimum absolute atomic E-state index is 0.0674. The Balaban J connectivity index is 1.67. The Bertz CT molecular complexity index is 988. The second-order valence-electron chi connectivity index (χ2n) is 7.25. The topological polar surface area (TPSA) is 102 Å². The summed E-state index contributed by atoms with van der Waals surface area (Å²) in [6.45, 7) is 6.14. The van der Waals surface area contributed by atoms with Crippen LogP contribution in [0.4, 0.5) is 0 Å². The van der Waals surface area contributed by atoms with Crippen LogP contribution in [-0.2, 0) is 16.1 Å². The van der Waals surface area contributed by atoms with Crippen LogP contribution in [0.15, 0.2) is 58.3 Å². The highest BCUT2D eigenvalue weighted by Crippen LogP contribution is 2.25. The van der Waals surface area contributed by atoms with Crippen molar-refractivity contribution in [2.45, 2.75) is 51.0 Å². The van der Waals surface area contributed by atoms with Crippen LogP contribution in [0.3, 0.4) is 0 Å². The third-order valence-corrected chi connectivity index (χ3v) is 5.71. The SMILES string of the molecule is CCC(C)NC(=O)C(C)NC(=O)CSc1nnc(-c2ccco2)n1Cc1ccccc1. The van der Waals surface area contributed by atoms with Gasteiger partial charge in [-0.1, -0.05) is 49.0 Å². The molecule has 2 heterocycles. The van der Waals surface area contributed by atoms with E-state index in [1.807, 2.05) is 54.8 Å². The number of nitrogens with one attached hydrogen (secondary N) is 2. The lowest BCUT2D eigenvalue weighted by Gasteiger charge is -2.17. The van der Waals surface area contributed by atoms with E-state index in [1.54, 1.807) is 19.3 Å². The molecule has 0 aliphatic rings. The molecule has 3 rings (SSSR count). The lowest BCUT2D eigenvalue weighted by molar-refractivity contribution is -0.127. The molecule has 0 saturated heterocycles. The molecule has 0 spiro atoms. The van der Waals surface area contributed by atoms with Gasteiger partial charge in [0, 0.05) is 6.04 Å². The first-order valence-corrected chi connectivity index (χ1v) is 11.2. The fraction of sp³-hybridized carbons (Fsp3) is 0.364. The van der Waals surface area contributed by atoms with Crippen molar-refractivity contribution < 1.29 is 14.0 Å². The number of hydrogen-bond donors (Lipinski definition) is 2. The van der Waals surface area contributed by atoms with E-state index in [0.29, 0.717) is 23.3 Å². The van der Waals surface area contributed by atoms with Crippen LogP contribution in [0.2, 0.25) is 0 Å². The molecule has 2 unspecified atom stereocenters. The number of benzene rings is 1. The first-order chi connectivity index (χ1) is 15.0. The minimum Gasteiger partial charge on any atom is -0.461 e. The molecule has 2 N–H and O–H groups in total. The first-order valence-electron chi connectivity index (χ1n) is 10.2. The van der Waals surface area contributed by atoms with Gasteiger partial charge in [-0.3, -0.25) is 14.2 Å². The zero-order chi connectivity index (χ0) is 22.2. The van der Waals surface area contributed by atoms with Gasteiger partial charge in [-0.2, -0.15) is 0 Å². The van der Waals surface area contributed by atoms with E-state index in [2.05, 4.69) is 20.8 Å². The lowest BCUT2D eigenvalue weighted by Crippen LogP contribution is -2.47. The van der Waals surface area contributed by atoms with Crippen LogP contribution in [0.5, 0.6) is 0 Å². The molecule has 31 heavy (non-hydrogen) atoms. The van der Waals surface area contributed by atoms with Crippen molar-refractivity contribution in [1.82, 2.24) is 25.4 Å². The summed E-state index contributed by atoms with van der Waals surface area (Å²) in [6, 6.07) is 13.0.